The molecule has 1 aliphatic heterocycles. The Bertz CT molecular complexity index is 1160. The SMILES string of the molecule is CCc1cc(Br)cc2c1NC(=O)C2=Nc1ccc(Oc2ccc(C(C)(C)C)cc2)cc1. The average Bonchev–Trinajstić information content (AvgIpc) is 3.04. The normalized spacial score (nSPS) is 14.5. The van der Waals surface area contributed by atoms with E-state index in [9.17, 15) is 4.79 Å². The number of nitrogens with one attached hydrogen (secondary N) is 1. The smallest absolute Gasteiger partial charge is 0.275 e. The Hall–Kier alpha value is -2.92. The van der Waals surface area contributed by atoms with Crippen molar-refractivity contribution < 1.29 is 9.53 Å². The summed E-state index contributed by atoms with van der Waals surface area (Å²) in [4.78, 5) is 17.2. The zero-order valence-corrected chi connectivity index (χ0v) is 19.7. The summed E-state index contributed by atoms with van der Waals surface area (Å²) in [6.07, 6.45) is 0.831. The van der Waals surface area contributed by atoms with Gasteiger partial charge in [-0.3, -0.25) is 4.79 Å². The molecular weight excluding hydrogens is 452 g/mol. The Morgan fingerprint density at radius 1 is 0.968 bits per heavy atom. The van der Waals surface area contributed by atoms with Gasteiger partial charge in [0.05, 0.1) is 11.4 Å². The van der Waals surface area contributed by atoms with E-state index in [2.05, 4.69) is 66.1 Å². The molecule has 0 radical (unpaired) electrons. The molecule has 31 heavy (non-hydrogen) atoms. The molecule has 0 saturated heterocycles. The number of hydrogen-bond acceptors (Lipinski definition) is 3. The highest BCUT2D eigenvalue weighted by atomic mass is 79.9. The summed E-state index contributed by atoms with van der Waals surface area (Å²) < 4.78 is 6.90. The molecule has 1 aliphatic rings. The van der Waals surface area contributed by atoms with Gasteiger partial charge in [-0.1, -0.05) is 55.8 Å². The number of aliphatic imine (C=N–C) groups is 1. The minimum atomic E-state index is -0.179. The van der Waals surface area contributed by atoms with E-state index in [1.54, 1.807) is 0 Å². The van der Waals surface area contributed by atoms with Crippen molar-refractivity contribution >= 4 is 38.9 Å². The van der Waals surface area contributed by atoms with Crippen LogP contribution in [0.5, 0.6) is 11.5 Å². The molecule has 0 bridgehead atoms. The van der Waals surface area contributed by atoms with Gasteiger partial charge in [-0.25, -0.2) is 4.99 Å². The predicted octanol–water partition coefficient (Wildman–Crippen LogP) is 7.17. The summed E-state index contributed by atoms with van der Waals surface area (Å²) in [5.41, 5.74) is 5.27. The fraction of sp³-hybridized carbons (Fsp3) is 0.231. The highest BCUT2D eigenvalue weighted by molar-refractivity contribution is 9.10. The van der Waals surface area contributed by atoms with Crippen LogP contribution in [0.1, 0.15) is 44.4 Å². The maximum atomic E-state index is 12.5. The molecule has 0 spiro atoms. The Balaban J connectivity index is 1.55. The van der Waals surface area contributed by atoms with Gasteiger partial charge < -0.3 is 10.1 Å². The van der Waals surface area contributed by atoms with Crippen LogP contribution in [0.15, 0.2) is 70.1 Å². The van der Waals surface area contributed by atoms with E-state index in [0.717, 1.165) is 39.2 Å². The van der Waals surface area contributed by atoms with Gasteiger partial charge in [-0.15, -0.1) is 0 Å². The minimum absolute atomic E-state index is 0.109. The number of anilines is 1. The second-order valence-electron chi connectivity index (χ2n) is 8.63. The number of ether oxygens (including phenoxy) is 1. The zero-order valence-electron chi connectivity index (χ0n) is 18.1. The molecule has 3 aromatic carbocycles. The number of carbonyl (C=O) groups excluding carboxylic acids is 1. The molecule has 158 valence electrons. The van der Waals surface area contributed by atoms with Crippen LogP contribution in [0.3, 0.4) is 0 Å². The van der Waals surface area contributed by atoms with Crippen molar-refractivity contribution in [2.24, 2.45) is 4.99 Å². The number of benzene rings is 3. The second-order valence-corrected chi connectivity index (χ2v) is 9.54. The predicted molar refractivity (Wildman–Crippen MR) is 130 cm³/mol. The van der Waals surface area contributed by atoms with Gasteiger partial charge in [0, 0.05) is 10.0 Å². The van der Waals surface area contributed by atoms with Gasteiger partial charge in [0.2, 0.25) is 0 Å². The third kappa shape index (κ3) is 4.57. The lowest BCUT2D eigenvalue weighted by Crippen LogP contribution is -2.14. The molecule has 0 aromatic heterocycles. The number of carbonyl (C=O) groups is 1. The molecule has 5 heteroatoms. The van der Waals surface area contributed by atoms with Gasteiger partial charge >= 0.3 is 0 Å². The number of halogens is 1. The molecule has 4 nitrogen and oxygen atoms in total. The zero-order chi connectivity index (χ0) is 22.2. The molecule has 0 unspecified atom stereocenters. The van der Waals surface area contributed by atoms with Crippen molar-refractivity contribution in [2.75, 3.05) is 5.32 Å². The lowest BCUT2D eigenvalue weighted by atomic mass is 9.87. The summed E-state index contributed by atoms with van der Waals surface area (Å²) in [7, 11) is 0. The lowest BCUT2D eigenvalue weighted by Gasteiger charge is -2.19. The highest BCUT2D eigenvalue weighted by Crippen LogP contribution is 2.33. The first kappa shape index (κ1) is 21.3. The maximum absolute atomic E-state index is 12.5. The molecule has 1 amide bonds. The Kier molecular flexibility index (Phi) is 5.71. The van der Waals surface area contributed by atoms with E-state index in [0.29, 0.717) is 11.4 Å². The Labute approximate surface area is 191 Å². The molecule has 0 atom stereocenters. The second kappa shape index (κ2) is 8.31. The summed E-state index contributed by atoms with van der Waals surface area (Å²) >= 11 is 3.53. The summed E-state index contributed by atoms with van der Waals surface area (Å²) in [6, 6.07) is 19.6. The quantitative estimate of drug-likeness (QED) is 0.433. The molecule has 0 aliphatic carbocycles. The van der Waals surface area contributed by atoms with Crippen molar-refractivity contribution in [1.82, 2.24) is 0 Å². The molecule has 1 N–H and O–H groups in total. The molecular formula is C26H25BrN2O2. The van der Waals surface area contributed by atoms with Crippen LogP contribution in [0, 0.1) is 0 Å². The van der Waals surface area contributed by atoms with E-state index in [1.807, 2.05) is 48.5 Å². The monoisotopic (exact) mass is 476 g/mol. The van der Waals surface area contributed by atoms with Crippen molar-refractivity contribution in [2.45, 2.75) is 39.5 Å². The van der Waals surface area contributed by atoms with Crippen LogP contribution in [0.4, 0.5) is 11.4 Å². The first-order valence-corrected chi connectivity index (χ1v) is 11.1. The van der Waals surface area contributed by atoms with E-state index < -0.39 is 0 Å². The Morgan fingerprint density at radius 3 is 2.16 bits per heavy atom. The van der Waals surface area contributed by atoms with Gasteiger partial charge in [-0.2, -0.15) is 0 Å². The number of nitrogens with zero attached hydrogens (tertiary/aromatic N) is 1. The average molecular weight is 477 g/mol. The molecule has 3 aromatic rings. The van der Waals surface area contributed by atoms with Crippen LogP contribution in [0.2, 0.25) is 0 Å². The van der Waals surface area contributed by atoms with Crippen LogP contribution < -0.4 is 10.1 Å². The third-order valence-corrected chi connectivity index (χ3v) is 5.77. The number of amides is 1. The van der Waals surface area contributed by atoms with Gasteiger partial charge in [0.15, 0.2) is 0 Å². The number of hydrogen-bond donors (Lipinski definition) is 1. The van der Waals surface area contributed by atoms with E-state index >= 15 is 0 Å². The maximum Gasteiger partial charge on any atom is 0.275 e. The summed E-state index contributed by atoms with van der Waals surface area (Å²) in [5, 5.41) is 2.96. The fourth-order valence-corrected chi connectivity index (χ4v) is 4.06. The van der Waals surface area contributed by atoms with Crippen molar-refractivity contribution in [3.63, 3.8) is 0 Å². The van der Waals surface area contributed by atoms with Gasteiger partial charge in [0.1, 0.15) is 17.2 Å². The van der Waals surface area contributed by atoms with E-state index in [-0.39, 0.29) is 11.3 Å². The molecule has 0 saturated carbocycles. The molecule has 0 fully saturated rings. The minimum Gasteiger partial charge on any atom is -0.457 e. The van der Waals surface area contributed by atoms with E-state index in [1.165, 1.54) is 5.56 Å². The van der Waals surface area contributed by atoms with Gasteiger partial charge in [0.25, 0.3) is 5.91 Å². The highest BCUT2D eigenvalue weighted by Gasteiger charge is 2.28. The van der Waals surface area contributed by atoms with Crippen LogP contribution >= 0.6 is 15.9 Å². The fourth-order valence-electron chi connectivity index (χ4n) is 3.56. The van der Waals surface area contributed by atoms with Gasteiger partial charge in [-0.05, 0) is 71.5 Å². The standard InChI is InChI=1S/C26H25BrN2O2/c1-5-16-14-18(27)15-22-23(16)29-25(30)24(22)28-19-8-12-21(13-9-19)31-20-10-6-17(7-11-20)26(2,3)4/h6-15H,5H2,1-4H3,(H,28,29,30). The van der Waals surface area contributed by atoms with E-state index in [4.69, 9.17) is 4.74 Å². The molecule has 1 heterocycles. The third-order valence-electron chi connectivity index (χ3n) is 5.31. The summed E-state index contributed by atoms with van der Waals surface area (Å²) in [6.45, 7) is 8.63. The van der Waals surface area contributed by atoms with Crippen molar-refractivity contribution in [3.8, 4) is 11.5 Å². The first-order valence-electron chi connectivity index (χ1n) is 10.4. The van der Waals surface area contributed by atoms with Crippen LogP contribution in [-0.4, -0.2) is 11.6 Å². The van der Waals surface area contributed by atoms with Crippen LogP contribution in [-0.2, 0) is 16.6 Å². The van der Waals surface area contributed by atoms with Crippen molar-refractivity contribution in [3.05, 3.63) is 81.8 Å². The number of fused-ring (bicyclic) bond motifs is 1. The van der Waals surface area contributed by atoms with Crippen LogP contribution in [0.25, 0.3) is 0 Å². The first-order chi connectivity index (χ1) is 14.7. The largest absolute Gasteiger partial charge is 0.457 e. The topological polar surface area (TPSA) is 50.7 Å². The van der Waals surface area contributed by atoms with Crippen molar-refractivity contribution in [1.29, 1.82) is 0 Å². The molecule has 4 rings (SSSR count). The summed E-state index contributed by atoms with van der Waals surface area (Å²) in [5.74, 6) is 1.33. The Morgan fingerprint density at radius 2 is 1.58 bits per heavy atom. The number of rotatable bonds is 4. The lowest BCUT2D eigenvalue weighted by molar-refractivity contribution is -0.110. The number of aryl methyl sites for hydroxylation is 1.